The van der Waals surface area contributed by atoms with Gasteiger partial charge in [0.15, 0.2) is 23.0 Å². The average Bonchev–Trinajstić information content (AvgIpc) is 2.34. The van der Waals surface area contributed by atoms with Gasteiger partial charge in [-0.1, -0.05) is 6.07 Å². The second-order valence-electron chi connectivity index (χ2n) is 3.22. The summed E-state index contributed by atoms with van der Waals surface area (Å²) in [6.45, 7) is 0. The molecule has 2 rings (SSSR count). The van der Waals surface area contributed by atoms with Crippen molar-refractivity contribution in [1.82, 2.24) is 4.98 Å². The zero-order valence-electron chi connectivity index (χ0n) is 8.72. The van der Waals surface area contributed by atoms with Crippen LogP contribution in [0, 0.1) is 17.1 Å². The van der Waals surface area contributed by atoms with E-state index in [1.165, 1.54) is 30.5 Å². The molecule has 0 amide bonds. The van der Waals surface area contributed by atoms with Crippen molar-refractivity contribution in [2.24, 2.45) is 0 Å². The summed E-state index contributed by atoms with van der Waals surface area (Å²) < 4.78 is 18.7. The van der Waals surface area contributed by atoms with E-state index in [9.17, 15) is 4.39 Å². The van der Waals surface area contributed by atoms with Crippen molar-refractivity contribution in [3.8, 4) is 17.6 Å². The van der Waals surface area contributed by atoms with Gasteiger partial charge in [0.25, 0.3) is 0 Å². The van der Waals surface area contributed by atoms with Crippen LogP contribution in [-0.4, -0.2) is 4.98 Å². The first-order chi connectivity index (χ1) is 8.22. The zero-order valence-corrected chi connectivity index (χ0v) is 8.72. The van der Waals surface area contributed by atoms with E-state index >= 15 is 0 Å². The predicted octanol–water partition coefficient (Wildman–Crippen LogP) is 2.47. The number of para-hydroxylation sites is 1. The number of nitrogens with two attached hydrogens (primary N) is 1. The number of anilines is 1. The number of nitrogen functional groups attached to an aromatic ring is 1. The molecule has 0 saturated carbocycles. The molecule has 0 unspecified atom stereocenters. The summed E-state index contributed by atoms with van der Waals surface area (Å²) in [5.74, 6) is -0.512. The van der Waals surface area contributed by atoms with Crippen LogP contribution >= 0.6 is 0 Å². The minimum Gasteiger partial charge on any atom is -0.449 e. The Labute approximate surface area is 97.1 Å². The molecule has 84 valence electrons. The number of aromatic nitrogens is 1. The standard InChI is InChI=1S/C12H8FN3O/c13-8-3-1-4-9(15)12(8)17-11-5-2-6-16-10(11)7-14/h1-6H,15H2. The Bertz CT molecular complexity index is 572. The van der Waals surface area contributed by atoms with Crippen molar-refractivity contribution in [3.63, 3.8) is 0 Å². The molecule has 4 nitrogen and oxygen atoms in total. The SMILES string of the molecule is N#Cc1ncccc1Oc1c(N)cccc1F. The lowest BCUT2D eigenvalue weighted by Gasteiger charge is -2.09. The highest BCUT2D eigenvalue weighted by Gasteiger charge is 2.11. The largest absolute Gasteiger partial charge is 0.449 e. The molecule has 0 aliphatic carbocycles. The van der Waals surface area contributed by atoms with Gasteiger partial charge in [-0.3, -0.25) is 0 Å². The van der Waals surface area contributed by atoms with E-state index in [2.05, 4.69) is 4.98 Å². The fourth-order valence-electron chi connectivity index (χ4n) is 1.30. The molecule has 2 aromatic rings. The maximum atomic E-state index is 13.5. The minimum atomic E-state index is -0.585. The predicted molar refractivity (Wildman–Crippen MR) is 59.8 cm³/mol. The molecule has 17 heavy (non-hydrogen) atoms. The van der Waals surface area contributed by atoms with Crippen molar-refractivity contribution in [2.45, 2.75) is 0 Å². The van der Waals surface area contributed by atoms with E-state index in [0.717, 1.165) is 0 Å². The van der Waals surface area contributed by atoms with E-state index in [1.54, 1.807) is 6.07 Å². The van der Waals surface area contributed by atoms with Crippen LogP contribution in [0.5, 0.6) is 11.5 Å². The van der Waals surface area contributed by atoms with Crippen LogP contribution in [0.15, 0.2) is 36.5 Å². The number of benzene rings is 1. The Balaban J connectivity index is 2.42. The summed E-state index contributed by atoms with van der Waals surface area (Å²) in [6, 6.07) is 9.19. The van der Waals surface area contributed by atoms with Crippen molar-refractivity contribution in [1.29, 1.82) is 5.26 Å². The van der Waals surface area contributed by atoms with Crippen LogP contribution in [0.3, 0.4) is 0 Å². The Morgan fingerprint density at radius 3 is 2.82 bits per heavy atom. The van der Waals surface area contributed by atoms with E-state index in [-0.39, 0.29) is 22.9 Å². The number of hydrogen-bond acceptors (Lipinski definition) is 4. The summed E-state index contributed by atoms with van der Waals surface area (Å²) in [5, 5.41) is 8.82. The van der Waals surface area contributed by atoms with Gasteiger partial charge in [0, 0.05) is 6.20 Å². The maximum Gasteiger partial charge on any atom is 0.186 e. The number of nitriles is 1. The number of nitrogens with zero attached hydrogens (tertiary/aromatic N) is 2. The number of ether oxygens (including phenoxy) is 1. The van der Waals surface area contributed by atoms with Gasteiger partial charge in [0.1, 0.15) is 6.07 Å². The minimum absolute atomic E-state index is 0.0788. The molecule has 1 aromatic heterocycles. The molecule has 0 aliphatic heterocycles. The molecule has 0 spiro atoms. The smallest absolute Gasteiger partial charge is 0.186 e. The molecule has 0 radical (unpaired) electrons. The molecule has 5 heteroatoms. The number of pyridine rings is 1. The van der Waals surface area contributed by atoms with Crippen molar-refractivity contribution < 1.29 is 9.13 Å². The lowest BCUT2D eigenvalue weighted by molar-refractivity contribution is 0.442. The summed E-state index contributed by atoms with van der Waals surface area (Å²) in [4.78, 5) is 3.80. The number of halogens is 1. The van der Waals surface area contributed by atoms with Crippen LogP contribution in [0.4, 0.5) is 10.1 Å². The molecular formula is C12H8FN3O. The van der Waals surface area contributed by atoms with E-state index in [4.69, 9.17) is 15.7 Å². The van der Waals surface area contributed by atoms with Crippen LogP contribution < -0.4 is 10.5 Å². The highest BCUT2D eigenvalue weighted by atomic mass is 19.1. The van der Waals surface area contributed by atoms with Gasteiger partial charge in [0.05, 0.1) is 5.69 Å². The Kier molecular flexibility index (Phi) is 2.88. The molecular weight excluding hydrogens is 221 g/mol. The third-order valence-corrected chi connectivity index (χ3v) is 2.09. The molecule has 0 saturated heterocycles. The third-order valence-electron chi connectivity index (χ3n) is 2.09. The molecule has 1 aromatic carbocycles. The molecule has 1 heterocycles. The van der Waals surface area contributed by atoms with Gasteiger partial charge in [-0.25, -0.2) is 9.37 Å². The van der Waals surface area contributed by atoms with Gasteiger partial charge in [0.2, 0.25) is 0 Å². The second-order valence-corrected chi connectivity index (χ2v) is 3.22. The Morgan fingerprint density at radius 1 is 1.29 bits per heavy atom. The molecule has 0 atom stereocenters. The van der Waals surface area contributed by atoms with E-state index < -0.39 is 5.82 Å². The fourth-order valence-corrected chi connectivity index (χ4v) is 1.30. The second kappa shape index (κ2) is 4.49. The Morgan fingerprint density at radius 2 is 2.12 bits per heavy atom. The van der Waals surface area contributed by atoms with Crippen molar-refractivity contribution in [3.05, 3.63) is 48.0 Å². The molecule has 0 aliphatic rings. The van der Waals surface area contributed by atoms with Crippen LogP contribution in [0.25, 0.3) is 0 Å². The Hall–Kier alpha value is -2.61. The number of hydrogen-bond donors (Lipinski definition) is 1. The number of rotatable bonds is 2. The maximum absolute atomic E-state index is 13.5. The van der Waals surface area contributed by atoms with Gasteiger partial charge in [-0.05, 0) is 24.3 Å². The topological polar surface area (TPSA) is 71.9 Å². The average molecular weight is 229 g/mol. The van der Waals surface area contributed by atoms with Crippen LogP contribution in [0.2, 0.25) is 0 Å². The third kappa shape index (κ3) is 2.16. The molecule has 0 bridgehead atoms. The van der Waals surface area contributed by atoms with Gasteiger partial charge < -0.3 is 10.5 Å². The zero-order chi connectivity index (χ0) is 12.3. The van der Waals surface area contributed by atoms with Crippen LogP contribution in [-0.2, 0) is 0 Å². The lowest BCUT2D eigenvalue weighted by atomic mass is 10.3. The first-order valence-electron chi connectivity index (χ1n) is 4.79. The summed E-state index contributed by atoms with van der Waals surface area (Å²) >= 11 is 0. The van der Waals surface area contributed by atoms with E-state index in [1.807, 2.05) is 6.07 Å². The van der Waals surface area contributed by atoms with Gasteiger partial charge in [-0.15, -0.1) is 0 Å². The monoisotopic (exact) mass is 229 g/mol. The van der Waals surface area contributed by atoms with Gasteiger partial charge in [-0.2, -0.15) is 5.26 Å². The first kappa shape index (κ1) is 10.9. The van der Waals surface area contributed by atoms with E-state index in [0.29, 0.717) is 0 Å². The van der Waals surface area contributed by atoms with Gasteiger partial charge >= 0.3 is 0 Å². The van der Waals surface area contributed by atoms with Crippen molar-refractivity contribution >= 4 is 5.69 Å². The first-order valence-corrected chi connectivity index (χ1v) is 4.79. The highest BCUT2D eigenvalue weighted by Crippen LogP contribution is 2.30. The molecule has 2 N–H and O–H groups in total. The molecule has 0 fully saturated rings. The summed E-state index contributed by atoms with van der Waals surface area (Å²) in [5.41, 5.74) is 5.84. The van der Waals surface area contributed by atoms with Crippen LogP contribution in [0.1, 0.15) is 5.69 Å². The van der Waals surface area contributed by atoms with Crippen molar-refractivity contribution in [2.75, 3.05) is 5.73 Å². The highest BCUT2D eigenvalue weighted by molar-refractivity contribution is 5.55. The quantitative estimate of drug-likeness (QED) is 0.803. The lowest BCUT2D eigenvalue weighted by Crippen LogP contribution is -1.97. The normalized spacial score (nSPS) is 9.65. The summed E-state index contributed by atoms with van der Waals surface area (Å²) in [6.07, 6.45) is 1.45. The fraction of sp³-hybridized carbons (Fsp3) is 0. The summed E-state index contributed by atoms with van der Waals surface area (Å²) in [7, 11) is 0.